The third-order valence-electron chi connectivity index (χ3n) is 9.36. The molecule has 280 valence electrons. The normalized spacial score (nSPS) is 20.3. The molecule has 16 heteroatoms. The molecule has 2 aromatic carbocycles. The highest BCUT2D eigenvalue weighted by Gasteiger charge is 2.46. The fourth-order valence-corrected chi connectivity index (χ4v) is 7.28. The van der Waals surface area contributed by atoms with E-state index in [2.05, 4.69) is 45.2 Å². The van der Waals surface area contributed by atoms with Crippen molar-refractivity contribution in [3.8, 4) is 0 Å². The number of carbonyl (C=O) groups is 4. The standard InChI is InChI=1S/C35H48BrCl2N7O6/c1-35(22-26-5-7-27(36)8-6-26)25-44(30-20-28(37)19-29(38)21-30)33(49)45(35)10-4-3-9-39-31(46)23-41-13-11-40(2)12-14-42(24-32(47)48)16-18-43(17-15-41)34(50)51/h5-8,19-21H,3-4,9-18,22-25H2,1-2H3,(H,39,46)(H,47,48)(H,50,51)/t35-/m0/s1. The molecular formula is C35H48BrCl2N7O6. The number of anilines is 1. The number of hydrogen-bond acceptors (Lipinski definition) is 7. The van der Waals surface area contributed by atoms with Gasteiger partial charge in [0.2, 0.25) is 5.91 Å². The SMILES string of the molecule is CN1CCN(CC(=O)O)CCN(C(=O)O)CCN(CC(=O)NCCCCN2C(=O)N(c3cc(Cl)cc(Cl)c3)C[C@]2(C)Cc2ccc(Br)cc2)CC1. The lowest BCUT2D eigenvalue weighted by Gasteiger charge is -2.34. The number of unbranched alkanes of at least 4 members (excludes halogenated alkanes) is 1. The Bertz CT molecular complexity index is 1500. The van der Waals surface area contributed by atoms with Crippen molar-refractivity contribution in [3.63, 3.8) is 0 Å². The summed E-state index contributed by atoms with van der Waals surface area (Å²) in [6.07, 6.45) is 0.911. The Kier molecular flexibility index (Phi) is 15.2. The zero-order chi connectivity index (χ0) is 37.1. The second-order valence-corrected chi connectivity index (χ2v) is 15.3. The third kappa shape index (κ3) is 12.5. The molecule has 51 heavy (non-hydrogen) atoms. The molecule has 1 atom stereocenters. The smallest absolute Gasteiger partial charge is 0.407 e. The molecule has 0 bridgehead atoms. The summed E-state index contributed by atoms with van der Waals surface area (Å²) in [5.41, 5.74) is 1.25. The maximum absolute atomic E-state index is 13.9. The predicted octanol–water partition coefficient (Wildman–Crippen LogP) is 4.51. The van der Waals surface area contributed by atoms with Crippen molar-refractivity contribution >= 4 is 68.8 Å². The fraction of sp³-hybridized carbons (Fsp3) is 0.543. The van der Waals surface area contributed by atoms with Crippen LogP contribution in [0.3, 0.4) is 0 Å². The average Bonchev–Trinajstić information content (AvgIpc) is 3.30. The second-order valence-electron chi connectivity index (χ2n) is 13.5. The van der Waals surface area contributed by atoms with E-state index >= 15 is 0 Å². The van der Waals surface area contributed by atoms with E-state index in [0.29, 0.717) is 93.9 Å². The molecule has 2 aliphatic rings. The van der Waals surface area contributed by atoms with Crippen LogP contribution < -0.4 is 10.2 Å². The summed E-state index contributed by atoms with van der Waals surface area (Å²) >= 11 is 16.1. The van der Waals surface area contributed by atoms with E-state index in [0.717, 1.165) is 10.0 Å². The second kappa shape index (κ2) is 19.1. The molecule has 0 unspecified atom stereocenters. The van der Waals surface area contributed by atoms with Crippen LogP contribution in [0, 0.1) is 0 Å². The van der Waals surface area contributed by atoms with Gasteiger partial charge in [0.25, 0.3) is 0 Å². The van der Waals surface area contributed by atoms with Crippen LogP contribution >= 0.6 is 39.1 Å². The van der Waals surface area contributed by atoms with E-state index in [9.17, 15) is 29.4 Å². The number of urea groups is 1. The maximum atomic E-state index is 13.9. The highest BCUT2D eigenvalue weighted by atomic mass is 79.9. The predicted molar refractivity (Wildman–Crippen MR) is 202 cm³/mol. The van der Waals surface area contributed by atoms with Crippen LogP contribution in [-0.2, 0) is 16.0 Å². The van der Waals surface area contributed by atoms with Gasteiger partial charge in [-0.2, -0.15) is 0 Å². The van der Waals surface area contributed by atoms with Crippen LogP contribution in [-0.4, -0.2) is 156 Å². The van der Waals surface area contributed by atoms with Gasteiger partial charge in [0.15, 0.2) is 0 Å². The first-order valence-corrected chi connectivity index (χ1v) is 18.7. The number of carboxylic acid groups (broad SMARTS) is 2. The highest BCUT2D eigenvalue weighted by molar-refractivity contribution is 9.10. The number of carboxylic acids is 1. The van der Waals surface area contributed by atoms with Gasteiger partial charge in [-0.05, 0) is 69.1 Å². The Morgan fingerprint density at radius 1 is 0.863 bits per heavy atom. The van der Waals surface area contributed by atoms with Crippen LogP contribution in [0.2, 0.25) is 10.0 Å². The molecule has 0 radical (unpaired) electrons. The molecule has 2 aliphatic heterocycles. The first kappa shape index (κ1) is 40.6. The summed E-state index contributed by atoms with van der Waals surface area (Å²) in [4.78, 5) is 60.8. The lowest BCUT2D eigenvalue weighted by Crippen LogP contribution is -2.49. The average molecular weight is 814 g/mol. The molecule has 4 amide bonds. The van der Waals surface area contributed by atoms with Gasteiger partial charge in [0, 0.05) is 85.7 Å². The van der Waals surface area contributed by atoms with E-state index in [-0.39, 0.29) is 38.1 Å². The molecule has 0 spiro atoms. The van der Waals surface area contributed by atoms with Gasteiger partial charge in [-0.3, -0.25) is 24.3 Å². The summed E-state index contributed by atoms with van der Waals surface area (Å²) in [5.74, 6) is -1.10. The third-order valence-corrected chi connectivity index (χ3v) is 10.3. The number of rotatable bonds is 12. The van der Waals surface area contributed by atoms with Crippen molar-refractivity contribution in [3.05, 3.63) is 62.5 Å². The molecule has 4 rings (SSSR count). The molecule has 0 aromatic heterocycles. The van der Waals surface area contributed by atoms with Crippen molar-refractivity contribution in [1.82, 2.24) is 29.8 Å². The van der Waals surface area contributed by atoms with Crippen LogP contribution in [0.5, 0.6) is 0 Å². The lowest BCUT2D eigenvalue weighted by molar-refractivity contribution is -0.138. The van der Waals surface area contributed by atoms with E-state index in [4.69, 9.17) is 23.2 Å². The molecule has 2 aromatic rings. The number of halogens is 3. The molecule has 0 saturated carbocycles. The van der Waals surface area contributed by atoms with Crippen molar-refractivity contribution in [2.45, 2.75) is 31.7 Å². The first-order chi connectivity index (χ1) is 24.2. The Morgan fingerprint density at radius 2 is 1.45 bits per heavy atom. The highest BCUT2D eigenvalue weighted by Crippen LogP contribution is 2.36. The van der Waals surface area contributed by atoms with Gasteiger partial charge in [0.1, 0.15) is 0 Å². The summed E-state index contributed by atoms with van der Waals surface area (Å²) in [7, 11) is 1.95. The van der Waals surface area contributed by atoms with Crippen LogP contribution in [0.4, 0.5) is 15.3 Å². The summed E-state index contributed by atoms with van der Waals surface area (Å²) in [6, 6.07) is 13.1. The van der Waals surface area contributed by atoms with Crippen molar-refractivity contribution in [1.29, 1.82) is 0 Å². The molecule has 0 aliphatic carbocycles. The van der Waals surface area contributed by atoms with Crippen LogP contribution in [0.25, 0.3) is 0 Å². The number of nitrogens with one attached hydrogen (secondary N) is 1. The van der Waals surface area contributed by atoms with E-state index in [1.807, 2.05) is 29.0 Å². The minimum Gasteiger partial charge on any atom is -0.480 e. The van der Waals surface area contributed by atoms with E-state index in [1.54, 1.807) is 28.0 Å². The quantitative estimate of drug-likeness (QED) is 0.265. The Morgan fingerprint density at radius 3 is 2.04 bits per heavy atom. The van der Waals surface area contributed by atoms with Gasteiger partial charge >= 0.3 is 18.1 Å². The maximum Gasteiger partial charge on any atom is 0.407 e. The number of likely N-dealkylation sites (N-methyl/N-ethyl adjacent to an activating group) is 1. The lowest BCUT2D eigenvalue weighted by atomic mass is 9.91. The topological polar surface area (TPSA) is 140 Å². The van der Waals surface area contributed by atoms with E-state index in [1.165, 1.54) is 4.90 Å². The number of aliphatic carboxylic acids is 1. The minimum absolute atomic E-state index is 0.123. The summed E-state index contributed by atoms with van der Waals surface area (Å²) in [5, 5.41) is 22.9. The zero-order valence-corrected chi connectivity index (χ0v) is 32.3. The van der Waals surface area contributed by atoms with Gasteiger partial charge in [-0.15, -0.1) is 0 Å². The summed E-state index contributed by atoms with van der Waals surface area (Å²) in [6.45, 7) is 6.83. The van der Waals surface area contributed by atoms with Gasteiger partial charge < -0.3 is 30.2 Å². The van der Waals surface area contributed by atoms with Crippen molar-refractivity contribution < 1.29 is 29.4 Å². The van der Waals surface area contributed by atoms with Crippen LogP contribution in [0.15, 0.2) is 46.9 Å². The Balaban J connectivity index is 1.32. The minimum atomic E-state index is -1.08. The molecular weight excluding hydrogens is 765 g/mol. The molecule has 13 nitrogen and oxygen atoms in total. The van der Waals surface area contributed by atoms with Gasteiger partial charge in [-0.1, -0.05) is 51.3 Å². The summed E-state index contributed by atoms with van der Waals surface area (Å²) < 4.78 is 0.983. The number of carbonyl (C=O) groups excluding carboxylic acids is 2. The molecule has 2 saturated heterocycles. The molecule has 3 N–H and O–H groups in total. The van der Waals surface area contributed by atoms with Crippen molar-refractivity contribution in [2.75, 3.05) is 97.0 Å². The largest absolute Gasteiger partial charge is 0.480 e. The fourth-order valence-electron chi connectivity index (χ4n) is 6.50. The monoisotopic (exact) mass is 811 g/mol. The number of nitrogens with zero attached hydrogens (tertiary/aromatic N) is 6. The number of amides is 4. The Labute approximate surface area is 318 Å². The number of benzene rings is 2. The first-order valence-electron chi connectivity index (χ1n) is 17.1. The van der Waals surface area contributed by atoms with Crippen LogP contribution in [0.1, 0.15) is 25.3 Å². The number of hydrogen-bond donors (Lipinski definition) is 3. The molecule has 2 heterocycles. The van der Waals surface area contributed by atoms with Gasteiger partial charge in [-0.25, -0.2) is 9.59 Å². The van der Waals surface area contributed by atoms with E-state index < -0.39 is 17.6 Å². The Hall–Kier alpha value is -3.14. The van der Waals surface area contributed by atoms with Gasteiger partial charge in [0.05, 0.1) is 25.2 Å². The zero-order valence-electron chi connectivity index (χ0n) is 29.2. The van der Waals surface area contributed by atoms with Crippen molar-refractivity contribution in [2.24, 2.45) is 0 Å². The molecule has 2 fully saturated rings.